The Kier molecular flexibility index (Phi) is 5.84. The number of amides is 2. The molecule has 7 nitrogen and oxygen atoms in total. The summed E-state index contributed by atoms with van der Waals surface area (Å²) in [5.74, 6) is -2.44. The molecule has 0 aliphatic carbocycles. The maximum atomic E-state index is 11.8. The van der Waals surface area contributed by atoms with Gasteiger partial charge in [-0.15, -0.1) is 0 Å². The molecule has 1 aliphatic heterocycles. The number of ether oxygens (including phenoxy) is 1. The second-order valence-corrected chi connectivity index (χ2v) is 4.17. The van der Waals surface area contributed by atoms with Gasteiger partial charge < -0.3 is 20.1 Å². The van der Waals surface area contributed by atoms with Crippen molar-refractivity contribution in [2.45, 2.75) is 12.8 Å². The molecule has 106 valence electrons. The van der Waals surface area contributed by atoms with Gasteiger partial charge in [0.05, 0.1) is 0 Å². The average molecular weight is 270 g/mol. The van der Waals surface area contributed by atoms with Gasteiger partial charge in [0.25, 0.3) is 0 Å². The van der Waals surface area contributed by atoms with Crippen LogP contribution < -0.4 is 5.32 Å². The van der Waals surface area contributed by atoms with Crippen molar-refractivity contribution in [2.24, 2.45) is 5.92 Å². The predicted molar refractivity (Wildman–Crippen MR) is 66.5 cm³/mol. The molecule has 1 rings (SSSR count). The van der Waals surface area contributed by atoms with Gasteiger partial charge in [-0.1, -0.05) is 12.7 Å². The van der Waals surface area contributed by atoms with Gasteiger partial charge in [0.2, 0.25) is 5.91 Å². The summed E-state index contributed by atoms with van der Waals surface area (Å²) in [5.41, 5.74) is 0. The maximum absolute atomic E-state index is 11.8. The molecule has 1 heterocycles. The third-order valence-corrected chi connectivity index (χ3v) is 2.81. The zero-order valence-electron chi connectivity index (χ0n) is 10.6. The summed E-state index contributed by atoms with van der Waals surface area (Å²) in [7, 11) is 0. The smallest absolute Gasteiger partial charge is 0.407 e. The van der Waals surface area contributed by atoms with Gasteiger partial charge in [0, 0.05) is 19.6 Å². The van der Waals surface area contributed by atoms with Gasteiger partial charge in [-0.3, -0.25) is 9.59 Å². The summed E-state index contributed by atoms with van der Waals surface area (Å²) in [5, 5.41) is 11.4. The first kappa shape index (κ1) is 15.0. The molecule has 2 amide bonds. The Morgan fingerprint density at radius 1 is 1.58 bits per heavy atom. The highest BCUT2D eigenvalue weighted by atomic mass is 16.5. The van der Waals surface area contributed by atoms with Crippen molar-refractivity contribution < 1.29 is 24.2 Å². The van der Waals surface area contributed by atoms with E-state index in [2.05, 4.69) is 11.9 Å². The van der Waals surface area contributed by atoms with E-state index >= 15 is 0 Å². The molecule has 0 aromatic heterocycles. The second kappa shape index (κ2) is 7.40. The number of carbonyl (C=O) groups is 3. The Hall–Kier alpha value is -2.05. The third-order valence-electron chi connectivity index (χ3n) is 2.81. The molecule has 1 atom stereocenters. The number of carboxylic acid groups (broad SMARTS) is 1. The van der Waals surface area contributed by atoms with E-state index in [0.717, 1.165) is 0 Å². The predicted octanol–water partition coefficient (Wildman–Crippen LogP) is 0.222. The second-order valence-electron chi connectivity index (χ2n) is 4.17. The van der Waals surface area contributed by atoms with Crippen LogP contribution in [0, 0.1) is 5.92 Å². The molecule has 2 N–H and O–H groups in total. The third kappa shape index (κ3) is 4.61. The zero-order chi connectivity index (χ0) is 14.3. The van der Waals surface area contributed by atoms with Gasteiger partial charge in [-0.05, 0) is 12.8 Å². The number of hydrogen-bond donors (Lipinski definition) is 2. The minimum absolute atomic E-state index is 0.121. The van der Waals surface area contributed by atoms with E-state index in [1.165, 1.54) is 11.0 Å². The topological polar surface area (TPSA) is 95.9 Å². The monoisotopic (exact) mass is 270 g/mol. The number of hydrogen-bond acceptors (Lipinski definition) is 4. The Labute approximate surface area is 111 Å². The van der Waals surface area contributed by atoms with Crippen molar-refractivity contribution in [3.05, 3.63) is 12.7 Å². The summed E-state index contributed by atoms with van der Waals surface area (Å²) in [4.78, 5) is 35.2. The number of likely N-dealkylation sites (tertiary alicyclic amines) is 1. The van der Waals surface area contributed by atoms with Crippen molar-refractivity contribution in [3.8, 4) is 0 Å². The molecule has 0 bridgehead atoms. The summed E-state index contributed by atoms with van der Waals surface area (Å²) in [6.07, 6.45) is 1.90. The van der Waals surface area contributed by atoms with E-state index in [1.807, 2.05) is 0 Å². The van der Waals surface area contributed by atoms with Crippen LogP contribution in [-0.2, 0) is 14.3 Å². The lowest BCUT2D eigenvalue weighted by molar-refractivity contribution is -0.153. The molecular weight excluding hydrogens is 252 g/mol. The molecule has 0 aromatic carbocycles. The normalized spacial score (nSPS) is 18.8. The number of piperidine rings is 1. The number of aliphatic carboxylic acids is 1. The lowest BCUT2D eigenvalue weighted by Crippen LogP contribution is -2.47. The fourth-order valence-corrected chi connectivity index (χ4v) is 1.87. The minimum Gasteiger partial charge on any atom is -0.481 e. The lowest BCUT2D eigenvalue weighted by atomic mass is 9.97. The zero-order valence-corrected chi connectivity index (χ0v) is 10.6. The number of carboxylic acids is 1. The number of rotatable bonds is 6. The van der Waals surface area contributed by atoms with Gasteiger partial charge in [-0.2, -0.15) is 0 Å². The molecule has 1 unspecified atom stereocenters. The standard InChI is InChI=1S/C12H18N2O5/c1-2-8-19-12(18)13-5-7-14-6-3-4-9(10(14)15)11(16)17/h2,9H,1,3-8H2,(H,13,18)(H,16,17). The van der Waals surface area contributed by atoms with Gasteiger partial charge in [-0.25, -0.2) is 4.79 Å². The van der Waals surface area contributed by atoms with Crippen molar-refractivity contribution in [1.82, 2.24) is 10.2 Å². The average Bonchev–Trinajstić information content (AvgIpc) is 2.38. The summed E-state index contributed by atoms with van der Waals surface area (Å²) in [6.45, 7) is 4.56. The van der Waals surface area contributed by atoms with Crippen LogP contribution in [0.4, 0.5) is 4.79 Å². The number of alkyl carbamates (subject to hydrolysis) is 1. The summed E-state index contributed by atoms with van der Waals surface area (Å²) < 4.78 is 4.70. The fraction of sp³-hybridized carbons (Fsp3) is 0.583. The fourth-order valence-electron chi connectivity index (χ4n) is 1.87. The van der Waals surface area contributed by atoms with Crippen molar-refractivity contribution in [1.29, 1.82) is 0 Å². The first-order chi connectivity index (χ1) is 9.06. The highest BCUT2D eigenvalue weighted by molar-refractivity contribution is 5.97. The summed E-state index contributed by atoms with van der Waals surface area (Å²) in [6, 6.07) is 0. The molecule has 0 spiro atoms. The van der Waals surface area contributed by atoms with Gasteiger partial charge in [0.15, 0.2) is 0 Å². The van der Waals surface area contributed by atoms with Crippen molar-refractivity contribution >= 4 is 18.0 Å². The molecule has 0 saturated carbocycles. The van der Waals surface area contributed by atoms with Crippen LogP contribution in [0.2, 0.25) is 0 Å². The largest absolute Gasteiger partial charge is 0.481 e. The molecule has 7 heteroatoms. The minimum atomic E-state index is -1.09. The van der Waals surface area contributed by atoms with E-state index in [1.54, 1.807) is 0 Å². The van der Waals surface area contributed by atoms with Crippen LogP contribution in [-0.4, -0.2) is 54.2 Å². The van der Waals surface area contributed by atoms with Crippen LogP contribution in [0.3, 0.4) is 0 Å². The van der Waals surface area contributed by atoms with Crippen LogP contribution in [0.25, 0.3) is 0 Å². The molecule has 1 fully saturated rings. The Balaban J connectivity index is 2.32. The molecule has 1 saturated heterocycles. The molecule has 19 heavy (non-hydrogen) atoms. The first-order valence-electron chi connectivity index (χ1n) is 6.09. The summed E-state index contributed by atoms with van der Waals surface area (Å²) >= 11 is 0. The van der Waals surface area contributed by atoms with E-state index < -0.39 is 18.0 Å². The van der Waals surface area contributed by atoms with Crippen molar-refractivity contribution in [2.75, 3.05) is 26.2 Å². The highest BCUT2D eigenvalue weighted by Crippen LogP contribution is 2.17. The Morgan fingerprint density at radius 3 is 2.95 bits per heavy atom. The number of nitrogens with one attached hydrogen (secondary N) is 1. The molecule has 0 aromatic rings. The van der Waals surface area contributed by atoms with E-state index in [0.29, 0.717) is 19.4 Å². The Morgan fingerprint density at radius 2 is 2.32 bits per heavy atom. The van der Waals surface area contributed by atoms with Crippen LogP contribution in [0.1, 0.15) is 12.8 Å². The number of carbonyl (C=O) groups excluding carboxylic acids is 2. The maximum Gasteiger partial charge on any atom is 0.407 e. The highest BCUT2D eigenvalue weighted by Gasteiger charge is 2.33. The lowest BCUT2D eigenvalue weighted by Gasteiger charge is -2.30. The van der Waals surface area contributed by atoms with Gasteiger partial charge in [0.1, 0.15) is 12.5 Å². The van der Waals surface area contributed by atoms with Crippen LogP contribution >= 0.6 is 0 Å². The first-order valence-corrected chi connectivity index (χ1v) is 6.09. The quantitative estimate of drug-likeness (QED) is 0.532. The van der Waals surface area contributed by atoms with E-state index in [-0.39, 0.29) is 25.6 Å². The number of nitrogens with zero attached hydrogens (tertiary/aromatic N) is 1. The Bertz CT molecular complexity index is 369. The van der Waals surface area contributed by atoms with Crippen LogP contribution in [0.5, 0.6) is 0 Å². The van der Waals surface area contributed by atoms with Gasteiger partial charge >= 0.3 is 12.1 Å². The van der Waals surface area contributed by atoms with Crippen LogP contribution in [0.15, 0.2) is 12.7 Å². The SMILES string of the molecule is C=CCOC(=O)NCCN1CCCC(C(=O)O)C1=O. The molecular formula is C12H18N2O5. The molecule has 1 aliphatic rings. The van der Waals surface area contributed by atoms with E-state index in [4.69, 9.17) is 9.84 Å². The van der Waals surface area contributed by atoms with E-state index in [9.17, 15) is 14.4 Å². The van der Waals surface area contributed by atoms with Crippen molar-refractivity contribution in [3.63, 3.8) is 0 Å². The molecule has 0 radical (unpaired) electrons.